The molecule has 1 fully saturated rings. The number of benzene rings is 1. The van der Waals surface area contributed by atoms with Crippen LogP contribution in [0.1, 0.15) is 20.3 Å². The molecule has 0 radical (unpaired) electrons. The molecule has 6 nitrogen and oxygen atoms in total. The zero-order valence-electron chi connectivity index (χ0n) is 14.4. The van der Waals surface area contributed by atoms with Crippen molar-refractivity contribution in [2.45, 2.75) is 26.4 Å². The van der Waals surface area contributed by atoms with E-state index in [-0.39, 0.29) is 24.2 Å². The molecule has 0 spiro atoms. The third kappa shape index (κ3) is 5.38. The minimum atomic E-state index is -1.01. The van der Waals surface area contributed by atoms with Crippen LogP contribution in [0.5, 0.6) is 0 Å². The number of hydrogen-bond donors (Lipinski definition) is 1. The van der Waals surface area contributed by atoms with E-state index in [0.29, 0.717) is 32.7 Å². The molecule has 1 aromatic rings. The van der Waals surface area contributed by atoms with Gasteiger partial charge in [-0.3, -0.25) is 9.69 Å². The van der Waals surface area contributed by atoms with Crippen LogP contribution in [0.15, 0.2) is 18.2 Å². The Bertz CT molecular complexity index is 625. The molecule has 1 aromatic carbocycles. The maximum absolute atomic E-state index is 13.3. The number of carbonyl (C=O) groups excluding carboxylic acids is 2. The number of rotatable bonds is 8. The van der Waals surface area contributed by atoms with Gasteiger partial charge in [-0.15, -0.1) is 0 Å². The van der Waals surface area contributed by atoms with Crippen LogP contribution in [0.4, 0.5) is 19.3 Å². The molecule has 0 unspecified atom stereocenters. The van der Waals surface area contributed by atoms with E-state index in [1.807, 2.05) is 13.8 Å². The van der Waals surface area contributed by atoms with Gasteiger partial charge in [-0.1, -0.05) is 0 Å². The van der Waals surface area contributed by atoms with Crippen molar-refractivity contribution in [3.8, 4) is 0 Å². The van der Waals surface area contributed by atoms with Gasteiger partial charge >= 0.3 is 6.03 Å². The number of anilines is 1. The summed E-state index contributed by atoms with van der Waals surface area (Å²) in [5.41, 5.74) is 0.276. The second-order valence-corrected chi connectivity index (χ2v) is 6.08. The summed E-state index contributed by atoms with van der Waals surface area (Å²) in [4.78, 5) is 26.9. The maximum atomic E-state index is 13.3. The second kappa shape index (κ2) is 8.75. The van der Waals surface area contributed by atoms with Crippen molar-refractivity contribution >= 4 is 17.6 Å². The number of halogens is 2. The van der Waals surface area contributed by atoms with Gasteiger partial charge in [0, 0.05) is 38.0 Å². The van der Waals surface area contributed by atoms with Crippen LogP contribution in [-0.2, 0) is 9.53 Å². The number of ether oxygens (including phenoxy) is 1. The predicted octanol–water partition coefficient (Wildman–Crippen LogP) is 2.14. The largest absolute Gasteiger partial charge is 0.379 e. The van der Waals surface area contributed by atoms with Crippen LogP contribution < -0.4 is 10.2 Å². The molecule has 0 bridgehead atoms. The molecule has 0 aromatic heterocycles. The maximum Gasteiger partial charge on any atom is 0.325 e. The molecule has 1 aliphatic rings. The fourth-order valence-electron chi connectivity index (χ4n) is 2.47. The lowest BCUT2D eigenvalue weighted by Crippen LogP contribution is -2.40. The third-order valence-corrected chi connectivity index (χ3v) is 3.74. The minimum absolute atomic E-state index is 0.0654. The second-order valence-electron chi connectivity index (χ2n) is 6.08. The van der Waals surface area contributed by atoms with Crippen molar-refractivity contribution in [3.63, 3.8) is 0 Å². The molecular formula is C17H23F2N3O3. The van der Waals surface area contributed by atoms with Crippen molar-refractivity contribution < 1.29 is 23.1 Å². The number of nitrogens with one attached hydrogen (secondary N) is 1. The summed E-state index contributed by atoms with van der Waals surface area (Å²) >= 11 is 0. The first-order valence-electron chi connectivity index (χ1n) is 8.28. The van der Waals surface area contributed by atoms with Crippen LogP contribution in [-0.4, -0.2) is 55.7 Å². The Morgan fingerprint density at radius 2 is 2.04 bits per heavy atom. The van der Waals surface area contributed by atoms with Gasteiger partial charge in [-0.25, -0.2) is 13.6 Å². The van der Waals surface area contributed by atoms with E-state index in [9.17, 15) is 18.4 Å². The molecule has 1 N–H and O–H groups in total. The summed E-state index contributed by atoms with van der Waals surface area (Å²) in [6, 6.07) is 2.90. The lowest BCUT2D eigenvalue weighted by atomic mass is 10.3. The van der Waals surface area contributed by atoms with Crippen molar-refractivity contribution in [3.05, 3.63) is 29.8 Å². The summed E-state index contributed by atoms with van der Waals surface area (Å²) in [5.74, 6) is -2.23. The first-order valence-corrected chi connectivity index (χ1v) is 8.28. The minimum Gasteiger partial charge on any atom is -0.379 e. The highest BCUT2D eigenvalue weighted by atomic mass is 19.2. The quantitative estimate of drug-likeness (QED) is 0.727. The number of nitrogens with zero attached hydrogens (tertiary/aromatic N) is 2. The van der Waals surface area contributed by atoms with E-state index in [0.717, 1.165) is 12.1 Å². The van der Waals surface area contributed by atoms with E-state index in [1.54, 1.807) is 0 Å². The highest BCUT2D eigenvalue weighted by Crippen LogP contribution is 2.22. The normalized spacial score (nSPS) is 14.5. The smallest absolute Gasteiger partial charge is 0.325 e. The van der Waals surface area contributed by atoms with Crippen molar-refractivity contribution in [1.29, 1.82) is 0 Å². The monoisotopic (exact) mass is 355 g/mol. The van der Waals surface area contributed by atoms with Gasteiger partial charge < -0.3 is 15.0 Å². The average molecular weight is 355 g/mol. The van der Waals surface area contributed by atoms with Crippen LogP contribution in [0.3, 0.4) is 0 Å². The van der Waals surface area contributed by atoms with Gasteiger partial charge in [-0.05, 0) is 32.4 Å². The Labute approximate surface area is 145 Å². The Kier molecular flexibility index (Phi) is 6.69. The van der Waals surface area contributed by atoms with E-state index in [2.05, 4.69) is 5.32 Å². The van der Waals surface area contributed by atoms with Gasteiger partial charge in [0.2, 0.25) is 5.91 Å². The number of amides is 3. The Morgan fingerprint density at radius 1 is 1.28 bits per heavy atom. The first kappa shape index (κ1) is 19.1. The van der Waals surface area contributed by atoms with Crippen molar-refractivity contribution in [2.24, 2.45) is 0 Å². The SMILES string of the molecule is CC(C)OCCCNC(=O)CN1CCN(c2ccc(F)c(F)c2)C1=O. The Balaban J connectivity index is 1.79. The predicted molar refractivity (Wildman–Crippen MR) is 89.4 cm³/mol. The van der Waals surface area contributed by atoms with Crippen LogP contribution >= 0.6 is 0 Å². The zero-order chi connectivity index (χ0) is 18.4. The summed E-state index contributed by atoms with van der Waals surface area (Å²) in [7, 11) is 0. The molecule has 25 heavy (non-hydrogen) atoms. The number of hydrogen-bond acceptors (Lipinski definition) is 3. The van der Waals surface area contributed by atoms with Gasteiger partial charge in [0.25, 0.3) is 0 Å². The van der Waals surface area contributed by atoms with Crippen LogP contribution in [0, 0.1) is 11.6 Å². The molecule has 2 rings (SSSR count). The number of carbonyl (C=O) groups is 2. The molecule has 138 valence electrons. The molecular weight excluding hydrogens is 332 g/mol. The van der Waals surface area contributed by atoms with Gasteiger partial charge in [-0.2, -0.15) is 0 Å². The van der Waals surface area contributed by atoms with E-state index < -0.39 is 17.7 Å². The summed E-state index contributed by atoms with van der Waals surface area (Å²) in [6.07, 6.45) is 0.846. The van der Waals surface area contributed by atoms with Gasteiger partial charge in [0.1, 0.15) is 6.54 Å². The lowest BCUT2D eigenvalue weighted by molar-refractivity contribution is -0.121. The topological polar surface area (TPSA) is 61.9 Å². The average Bonchev–Trinajstić information content (AvgIpc) is 2.90. The molecule has 1 aliphatic heterocycles. The molecule has 0 atom stereocenters. The van der Waals surface area contributed by atoms with Crippen LogP contribution in [0.2, 0.25) is 0 Å². The number of urea groups is 1. The molecule has 0 saturated carbocycles. The highest BCUT2D eigenvalue weighted by molar-refractivity contribution is 5.96. The van der Waals surface area contributed by atoms with Crippen LogP contribution in [0.25, 0.3) is 0 Å². The molecule has 8 heteroatoms. The van der Waals surface area contributed by atoms with E-state index >= 15 is 0 Å². The standard InChI is InChI=1S/C17H23F2N3O3/c1-12(2)25-9-3-6-20-16(23)11-21-7-8-22(17(21)24)13-4-5-14(18)15(19)10-13/h4-5,10,12H,3,6-9,11H2,1-2H3,(H,20,23). The molecule has 1 heterocycles. The van der Waals surface area contributed by atoms with E-state index in [1.165, 1.54) is 15.9 Å². The highest BCUT2D eigenvalue weighted by Gasteiger charge is 2.31. The first-order chi connectivity index (χ1) is 11.9. The molecule has 1 saturated heterocycles. The zero-order valence-corrected chi connectivity index (χ0v) is 14.4. The van der Waals surface area contributed by atoms with Gasteiger partial charge in [0.05, 0.1) is 6.10 Å². The van der Waals surface area contributed by atoms with Gasteiger partial charge in [0.15, 0.2) is 11.6 Å². The molecule has 3 amide bonds. The Hall–Kier alpha value is -2.22. The summed E-state index contributed by atoms with van der Waals surface area (Å²) in [5, 5.41) is 2.73. The van der Waals surface area contributed by atoms with Crippen molar-refractivity contribution in [1.82, 2.24) is 10.2 Å². The molecule has 0 aliphatic carbocycles. The van der Waals surface area contributed by atoms with E-state index in [4.69, 9.17) is 4.74 Å². The Morgan fingerprint density at radius 3 is 2.72 bits per heavy atom. The third-order valence-electron chi connectivity index (χ3n) is 3.74. The van der Waals surface area contributed by atoms with Crippen molar-refractivity contribution in [2.75, 3.05) is 37.7 Å². The fourth-order valence-corrected chi connectivity index (χ4v) is 2.47. The fraction of sp³-hybridized carbons (Fsp3) is 0.529. The summed E-state index contributed by atoms with van der Waals surface area (Å²) in [6.45, 7) is 5.52. The summed E-state index contributed by atoms with van der Waals surface area (Å²) < 4.78 is 31.7. The lowest BCUT2D eigenvalue weighted by Gasteiger charge is -2.18.